The number of methoxy groups -OCH3 is 1. The molecule has 1 N–H and O–H groups in total. The molecule has 0 saturated carbocycles. The van der Waals surface area contributed by atoms with E-state index in [9.17, 15) is 0 Å². The molecule has 3 aromatic rings. The number of rotatable bonds is 7. The Morgan fingerprint density at radius 1 is 0.882 bits per heavy atom. The molecule has 5 rings (SSSR count). The Bertz CT molecular complexity index is 1090. The van der Waals surface area contributed by atoms with E-state index in [1.54, 1.807) is 7.11 Å². The molecule has 2 aliphatic rings. The van der Waals surface area contributed by atoms with Gasteiger partial charge in [-0.25, -0.2) is 0 Å². The first-order valence-corrected chi connectivity index (χ1v) is 12.7. The highest BCUT2D eigenvalue weighted by Gasteiger charge is 2.18. The van der Waals surface area contributed by atoms with Gasteiger partial charge < -0.3 is 15.0 Å². The van der Waals surface area contributed by atoms with Gasteiger partial charge in [-0.15, -0.1) is 0 Å². The van der Waals surface area contributed by atoms with Gasteiger partial charge in [-0.3, -0.25) is 9.88 Å². The van der Waals surface area contributed by atoms with Crippen molar-refractivity contribution in [3.8, 4) is 17.0 Å². The number of hydrogen-bond donors (Lipinski definition) is 1. The van der Waals surface area contributed by atoms with Crippen molar-refractivity contribution in [2.45, 2.75) is 39.2 Å². The second-order valence-electron chi connectivity index (χ2n) is 9.45. The summed E-state index contributed by atoms with van der Waals surface area (Å²) in [4.78, 5) is 10.1. The van der Waals surface area contributed by atoms with E-state index in [4.69, 9.17) is 9.72 Å². The molecule has 5 nitrogen and oxygen atoms in total. The summed E-state index contributed by atoms with van der Waals surface area (Å²) in [7, 11) is 1.70. The van der Waals surface area contributed by atoms with Crippen molar-refractivity contribution in [1.29, 1.82) is 0 Å². The third kappa shape index (κ3) is 5.26. The number of benzene rings is 2. The number of anilines is 2. The Balaban J connectivity index is 1.33. The first-order chi connectivity index (χ1) is 16.7. The van der Waals surface area contributed by atoms with Crippen LogP contribution in [0.2, 0.25) is 0 Å². The summed E-state index contributed by atoms with van der Waals surface area (Å²) >= 11 is 0. The molecule has 0 spiro atoms. The summed E-state index contributed by atoms with van der Waals surface area (Å²) in [5.74, 6) is 0.868. The maximum absolute atomic E-state index is 5.33. The summed E-state index contributed by atoms with van der Waals surface area (Å²) in [6, 6.07) is 19.4. The lowest BCUT2D eigenvalue weighted by Crippen LogP contribution is -2.45. The van der Waals surface area contributed by atoms with Gasteiger partial charge in [0.25, 0.3) is 0 Å². The van der Waals surface area contributed by atoms with Crippen molar-refractivity contribution >= 4 is 11.4 Å². The number of nitrogens with zero attached hydrogens (tertiary/aromatic N) is 3. The number of likely N-dealkylation sites (N-methyl/N-ethyl adjacent to an activating group) is 1. The summed E-state index contributed by atoms with van der Waals surface area (Å²) in [6.45, 7) is 9.12. The lowest BCUT2D eigenvalue weighted by Gasteiger charge is -2.34. The van der Waals surface area contributed by atoms with Crippen LogP contribution in [0, 0.1) is 0 Å². The molecule has 178 valence electrons. The van der Waals surface area contributed by atoms with E-state index in [1.165, 1.54) is 48.4 Å². The molecular formula is C29H36N4O. The SMILES string of the molecule is CCN1CCN(Cc2ccc(Nc3cc(-c4ccc(OC)cc4)nc4c3CCCC4)cc2)CC1. The van der Waals surface area contributed by atoms with Gasteiger partial charge in [-0.05, 0) is 85.8 Å². The highest BCUT2D eigenvalue weighted by molar-refractivity contribution is 5.72. The van der Waals surface area contributed by atoms with Gasteiger partial charge >= 0.3 is 0 Å². The van der Waals surface area contributed by atoms with Gasteiger partial charge in [-0.2, -0.15) is 0 Å². The molecule has 0 bridgehead atoms. The van der Waals surface area contributed by atoms with Crippen LogP contribution >= 0.6 is 0 Å². The van der Waals surface area contributed by atoms with E-state index in [0.717, 1.165) is 61.7 Å². The van der Waals surface area contributed by atoms with Gasteiger partial charge in [0, 0.05) is 55.4 Å². The number of fused-ring (bicyclic) bond motifs is 1. The average molecular weight is 457 g/mol. The lowest BCUT2D eigenvalue weighted by molar-refractivity contribution is 0.132. The molecular weight excluding hydrogens is 420 g/mol. The molecule has 0 radical (unpaired) electrons. The quantitative estimate of drug-likeness (QED) is 0.507. The first-order valence-electron chi connectivity index (χ1n) is 12.7. The van der Waals surface area contributed by atoms with Crippen LogP contribution in [0.5, 0.6) is 5.75 Å². The summed E-state index contributed by atoms with van der Waals surface area (Å²) in [6.07, 6.45) is 4.59. The molecule has 1 saturated heterocycles. The van der Waals surface area contributed by atoms with E-state index in [0.29, 0.717) is 0 Å². The van der Waals surface area contributed by atoms with Crippen molar-refractivity contribution < 1.29 is 4.74 Å². The van der Waals surface area contributed by atoms with Crippen LogP contribution in [0.3, 0.4) is 0 Å². The fourth-order valence-corrected chi connectivity index (χ4v) is 5.10. The van der Waals surface area contributed by atoms with E-state index < -0.39 is 0 Å². The average Bonchev–Trinajstić information content (AvgIpc) is 2.90. The minimum Gasteiger partial charge on any atom is -0.497 e. The van der Waals surface area contributed by atoms with Crippen LogP contribution < -0.4 is 10.1 Å². The van der Waals surface area contributed by atoms with Crippen molar-refractivity contribution in [2.75, 3.05) is 45.2 Å². The van der Waals surface area contributed by atoms with Gasteiger partial charge in [0.05, 0.1) is 12.8 Å². The molecule has 0 amide bonds. The highest BCUT2D eigenvalue weighted by Crippen LogP contribution is 2.33. The van der Waals surface area contributed by atoms with E-state index in [-0.39, 0.29) is 0 Å². The van der Waals surface area contributed by atoms with Crippen molar-refractivity contribution in [3.63, 3.8) is 0 Å². The second kappa shape index (κ2) is 10.6. The van der Waals surface area contributed by atoms with E-state index >= 15 is 0 Å². The topological polar surface area (TPSA) is 40.6 Å². The zero-order valence-corrected chi connectivity index (χ0v) is 20.5. The fraction of sp³-hybridized carbons (Fsp3) is 0.414. The molecule has 0 unspecified atom stereocenters. The second-order valence-corrected chi connectivity index (χ2v) is 9.45. The van der Waals surface area contributed by atoms with Crippen LogP contribution in [0.15, 0.2) is 54.6 Å². The molecule has 2 heterocycles. The van der Waals surface area contributed by atoms with Gasteiger partial charge in [0.15, 0.2) is 0 Å². The molecule has 2 aromatic carbocycles. The zero-order valence-electron chi connectivity index (χ0n) is 20.5. The number of ether oxygens (including phenoxy) is 1. The van der Waals surface area contributed by atoms with E-state index in [2.05, 4.69) is 64.5 Å². The molecule has 1 aliphatic heterocycles. The van der Waals surface area contributed by atoms with Crippen LogP contribution in [0.1, 0.15) is 36.6 Å². The predicted octanol–water partition coefficient (Wildman–Crippen LogP) is 5.52. The molecule has 1 fully saturated rings. The summed E-state index contributed by atoms with van der Waals surface area (Å²) < 4.78 is 5.33. The molecule has 1 aromatic heterocycles. The predicted molar refractivity (Wildman–Crippen MR) is 140 cm³/mol. The first kappa shape index (κ1) is 22.9. The highest BCUT2D eigenvalue weighted by atomic mass is 16.5. The van der Waals surface area contributed by atoms with Crippen LogP contribution in [0.4, 0.5) is 11.4 Å². The van der Waals surface area contributed by atoms with Gasteiger partial charge in [-0.1, -0.05) is 19.1 Å². The zero-order chi connectivity index (χ0) is 23.3. The van der Waals surface area contributed by atoms with Crippen molar-refractivity contribution in [3.05, 3.63) is 71.4 Å². The third-order valence-electron chi connectivity index (χ3n) is 7.24. The fourth-order valence-electron chi connectivity index (χ4n) is 5.10. The molecule has 5 heteroatoms. The van der Waals surface area contributed by atoms with Crippen LogP contribution in [-0.4, -0.2) is 54.6 Å². The van der Waals surface area contributed by atoms with Crippen molar-refractivity contribution in [2.24, 2.45) is 0 Å². The number of aryl methyl sites for hydroxylation is 1. The smallest absolute Gasteiger partial charge is 0.118 e. The standard InChI is InChI=1S/C29H36N4O/c1-3-32-16-18-33(19-17-32)21-22-8-12-24(13-9-22)30-29-20-28(23-10-14-25(34-2)15-11-23)31-27-7-5-4-6-26(27)29/h8-15,20H,3-7,16-19,21H2,1-2H3,(H,30,31). The van der Waals surface area contributed by atoms with Crippen LogP contribution in [0.25, 0.3) is 11.3 Å². The Kier molecular flexibility index (Phi) is 7.12. The minimum absolute atomic E-state index is 0.868. The van der Waals surface area contributed by atoms with Crippen molar-refractivity contribution in [1.82, 2.24) is 14.8 Å². The Hall–Kier alpha value is -2.89. The summed E-state index contributed by atoms with van der Waals surface area (Å²) in [5, 5.41) is 3.72. The number of nitrogens with one attached hydrogen (secondary N) is 1. The third-order valence-corrected chi connectivity index (χ3v) is 7.24. The normalized spacial score (nSPS) is 16.8. The minimum atomic E-state index is 0.868. The Morgan fingerprint density at radius 2 is 1.59 bits per heavy atom. The Labute approximate surface area is 203 Å². The molecule has 1 aliphatic carbocycles. The van der Waals surface area contributed by atoms with Gasteiger partial charge in [0.1, 0.15) is 5.75 Å². The number of hydrogen-bond acceptors (Lipinski definition) is 5. The van der Waals surface area contributed by atoms with E-state index in [1.807, 2.05) is 12.1 Å². The largest absolute Gasteiger partial charge is 0.497 e. The number of pyridine rings is 1. The maximum Gasteiger partial charge on any atom is 0.118 e. The molecule has 0 atom stereocenters. The maximum atomic E-state index is 5.33. The van der Waals surface area contributed by atoms with Crippen LogP contribution in [-0.2, 0) is 19.4 Å². The van der Waals surface area contributed by atoms with Gasteiger partial charge in [0.2, 0.25) is 0 Å². The number of aromatic nitrogens is 1. The Morgan fingerprint density at radius 3 is 2.29 bits per heavy atom. The lowest BCUT2D eigenvalue weighted by atomic mass is 9.93. The molecule has 34 heavy (non-hydrogen) atoms. The summed E-state index contributed by atoms with van der Waals surface area (Å²) in [5.41, 5.74) is 8.47. The number of piperazine rings is 1. The monoisotopic (exact) mass is 456 g/mol.